The van der Waals surface area contributed by atoms with E-state index in [2.05, 4.69) is 18.3 Å². The van der Waals surface area contributed by atoms with Crippen molar-refractivity contribution in [2.75, 3.05) is 0 Å². The van der Waals surface area contributed by atoms with E-state index in [4.69, 9.17) is 5.26 Å². The standard InChI is InChI=1S/C19H13F4N3O2.Zn/c1-5-10(6-8(2)3)18(27)12-9(4)25-26(19(12)28)17-15(22)13(20)11(7-24)14(21)16(17)23;/h5-6,28H,1-2H2,3-4H3;/b10-6+;. The number of allylic oxidation sites excluding steroid dienone is 4. The zero-order valence-electron chi connectivity index (χ0n) is 15.5. The molecule has 0 atom stereocenters. The molecule has 0 radical (unpaired) electrons. The van der Waals surface area contributed by atoms with Crippen LogP contribution in [0, 0.1) is 41.5 Å². The maximum atomic E-state index is 14.3. The summed E-state index contributed by atoms with van der Waals surface area (Å²) in [7, 11) is 0. The van der Waals surface area contributed by atoms with Crippen molar-refractivity contribution in [2.45, 2.75) is 13.8 Å². The Morgan fingerprint density at radius 2 is 1.72 bits per heavy atom. The second-order valence-electron chi connectivity index (χ2n) is 5.77. The molecule has 0 saturated carbocycles. The van der Waals surface area contributed by atoms with E-state index in [9.17, 15) is 27.5 Å². The van der Waals surface area contributed by atoms with E-state index in [1.54, 1.807) is 6.92 Å². The summed E-state index contributed by atoms with van der Waals surface area (Å²) < 4.78 is 56.5. The van der Waals surface area contributed by atoms with Gasteiger partial charge in [0, 0.05) is 25.1 Å². The number of halogens is 4. The maximum absolute atomic E-state index is 14.3. The molecule has 5 nitrogen and oxygen atoms in total. The molecule has 146 valence electrons. The van der Waals surface area contributed by atoms with Crippen LogP contribution >= 0.6 is 0 Å². The largest absolute Gasteiger partial charge is 0.493 e. The first kappa shape index (κ1) is 24.0. The Kier molecular flexibility index (Phi) is 7.42. The average Bonchev–Trinajstić information content (AvgIpc) is 2.92. The summed E-state index contributed by atoms with van der Waals surface area (Å²) in [5.74, 6) is -9.65. The molecule has 0 spiro atoms. The Balaban J connectivity index is 0.00000420. The number of Topliss-reactive ketones (excluding diaryl/α,β-unsaturated/α-hetero) is 1. The van der Waals surface area contributed by atoms with Gasteiger partial charge in [0.25, 0.3) is 0 Å². The number of benzene rings is 1. The van der Waals surface area contributed by atoms with Crippen LogP contribution in [-0.4, -0.2) is 20.7 Å². The van der Waals surface area contributed by atoms with E-state index in [0.29, 0.717) is 5.57 Å². The van der Waals surface area contributed by atoms with Gasteiger partial charge in [0.1, 0.15) is 22.9 Å². The van der Waals surface area contributed by atoms with Crippen LogP contribution in [0.4, 0.5) is 17.6 Å². The van der Waals surface area contributed by atoms with Crippen molar-refractivity contribution in [1.29, 1.82) is 5.26 Å². The predicted molar refractivity (Wildman–Crippen MR) is 91.9 cm³/mol. The fraction of sp³-hybridized carbons (Fsp3) is 0.105. The number of rotatable bonds is 5. The molecule has 1 aromatic carbocycles. The molecule has 2 rings (SSSR count). The van der Waals surface area contributed by atoms with Crippen molar-refractivity contribution in [3.05, 3.63) is 76.5 Å². The minimum atomic E-state index is -1.95. The topological polar surface area (TPSA) is 78.9 Å². The van der Waals surface area contributed by atoms with Gasteiger partial charge in [0.2, 0.25) is 5.88 Å². The van der Waals surface area contributed by atoms with Crippen LogP contribution in [0.5, 0.6) is 5.88 Å². The van der Waals surface area contributed by atoms with E-state index >= 15 is 0 Å². The smallest absolute Gasteiger partial charge is 0.226 e. The summed E-state index contributed by atoms with van der Waals surface area (Å²) in [5, 5.41) is 22.6. The zero-order valence-corrected chi connectivity index (χ0v) is 18.5. The minimum Gasteiger partial charge on any atom is -0.493 e. The molecule has 0 saturated heterocycles. The average molecular weight is 457 g/mol. The van der Waals surface area contributed by atoms with Crippen molar-refractivity contribution in [1.82, 2.24) is 9.78 Å². The van der Waals surface area contributed by atoms with Gasteiger partial charge in [-0.25, -0.2) is 17.6 Å². The van der Waals surface area contributed by atoms with E-state index in [1.807, 2.05) is 0 Å². The number of aromatic hydroxyl groups is 1. The Hall–Kier alpha value is -3.05. The molecule has 10 heteroatoms. The van der Waals surface area contributed by atoms with Crippen LogP contribution in [0.2, 0.25) is 0 Å². The molecule has 0 unspecified atom stereocenters. The molecule has 29 heavy (non-hydrogen) atoms. The summed E-state index contributed by atoms with van der Waals surface area (Å²) in [5.41, 5.74) is -2.99. The molecular formula is C19H13F4N3O2Zn. The fourth-order valence-electron chi connectivity index (χ4n) is 2.47. The molecule has 1 heterocycles. The van der Waals surface area contributed by atoms with Gasteiger partial charge >= 0.3 is 0 Å². The number of hydrogen-bond donors (Lipinski definition) is 1. The number of nitriles is 1. The van der Waals surface area contributed by atoms with Crippen LogP contribution in [0.3, 0.4) is 0 Å². The van der Waals surface area contributed by atoms with Crippen LogP contribution < -0.4 is 0 Å². The van der Waals surface area contributed by atoms with Crippen LogP contribution in [0.1, 0.15) is 28.5 Å². The van der Waals surface area contributed by atoms with Gasteiger partial charge < -0.3 is 5.11 Å². The van der Waals surface area contributed by atoms with Crippen LogP contribution in [-0.2, 0) is 19.5 Å². The fourth-order valence-corrected chi connectivity index (χ4v) is 2.47. The predicted octanol–water partition coefficient (Wildman–Crippen LogP) is 4.18. The third-order valence-electron chi connectivity index (χ3n) is 3.71. The van der Waals surface area contributed by atoms with E-state index < -0.39 is 51.7 Å². The Morgan fingerprint density at radius 3 is 2.14 bits per heavy atom. The molecule has 0 amide bonds. The van der Waals surface area contributed by atoms with Gasteiger partial charge in [-0.05, 0) is 19.9 Å². The summed E-state index contributed by atoms with van der Waals surface area (Å²) in [6.45, 7) is 9.92. The van der Waals surface area contributed by atoms with E-state index in [0.717, 1.165) is 6.07 Å². The Bertz CT molecular complexity index is 1080. The van der Waals surface area contributed by atoms with Gasteiger partial charge in [-0.2, -0.15) is 15.0 Å². The van der Waals surface area contributed by atoms with Crippen molar-refractivity contribution < 1.29 is 46.9 Å². The van der Waals surface area contributed by atoms with Gasteiger partial charge in [-0.15, -0.1) is 0 Å². The third-order valence-corrected chi connectivity index (χ3v) is 3.71. The molecule has 1 N–H and O–H groups in total. The molecular weight excluding hydrogens is 444 g/mol. The first-order chi connectivity index (χ1) is 13.1. The summed E-state index contributed by atoms with van der Waals surface area (Å²) in [6, 6.07) is 1.01. The van der Waals surface area contributed by atoms with Crippen molar-refractivity contribution in [3.8, 4) is 17.6 Å². The second-order valence-corrected chi connectivity index (χ2v) is 5.77. The third kappa shape index (κ3) is 4.05. The molecule has 0 bridgehead atoms. The Morgan fingerprint density at radius 1 is 1.21 bits per heavy atom. The monoisotopic (exact) mass is 455 g/mol. The van der Waals surface area contributed by atoms with Crippen LogP contribution in [0.25, 0.3) is 5.69 Å². The zero-order chi connectivity index (χ0) is 21.3. The van der Waals surface area contributed by atoms with Crippen molar-refractivity contribution in [2.24, 2.45) is 0 Å². The number of aryl methyl sites for hydroxylation is 1. The van der Waals surface area contributed by atoms with Gasteiger partial charge in [-0.3, -0.25) is 4.79 Å². The van der Waals surface area contributed by atoms with Crippen molar-refractivity contribution in [3.63, 3.8) is 0 Å². The summed E-state index contributed by atoms with van der Waals surface area (Å²) in [6.07, 6.45) is 2.53. The van der Waals surface area contributed by atoms with Crippen LogP contribution in [0.15, 0.2) is 36.5 Å². The summed E-state index contributed by atoms with van der Waals surface area (Å²) in [4.78, 5) is 12.6. The minimum absolute atomic E-state index is 0. The first-order valence-electron chi connectivity index (χ1n) is 7.66. The molecule has 0 fully saturated rings. The first-order valence-corrected chi connectivity index (χ1v) is 7.66. The summed E-state index contributed by atoms with van der Waals surface area (Å²) >= 11 is 0. The van der Waals surface area contributed by atoms with Gasteiger partial charge in [-0.1, -0.05) is 24.8 Å². The number of nitrogens with zero attached hydrogens (tertiary/aromatic N) is 3. The van der Waals surface area contributed by atoms with Gasteiger partial charge in [0.05, 0.1) is 5.69 Å². The molecule has 0 aliphatic rings. The Labute approximate surface area is 176 Å². The number of carbonyl (C=O) groups excluding carboxylic acids is 1. The molecule has 2 aromatic rings. The quantitative estimate of drug-likeness (QED) is 0.183. The molecule has 0 aliphatic carbocycles. The number of carbonyl (C=O) groups is 1. The molecule has 1 aromatic heterocycles. The maximum Gasteiger partial charge on any atom is 0.226 e. The van der Waals surface area contributed by atoms with E-state index in [1.165, 1.54) is 19.1 Å². The van der Waals surface area contributed by atoms with Gasteiger partial charge in [0.15, 0.2) is 29.1 Å². The molecule has 0 aliphatic heterocycles. The van der Waals surface area contributed by atoms with Crippen molar-refractivity contribution >= 4 is 5.78 Å². The second kappa shape index (κ2) is 8.97. The number of aromatic nitrogens is 2. The van der Waals surface area contributed by atoms with E-state index in [-0.39, 0.29) is 35.4 Å². The number of ketones is 1. The SMILES string of the molecule is C=C/C(=C\C(=C)C)C(=O)c1c(C)nn(-c2c(F)c(F)c(C#N)c(F)c2F)c1O.[Zn]. The number of hydrogen-bond acceptors (Lipinski definition) is 4. The normalized spacial score (nSPS) is 10.9.